The molecule has 0 aliphatic carbocycles. The van der Waals surface area contributed by atoms with E-state index in [2.05, 4.69) is 59.2 Å². The number of hydrogen-bond donors (Lipinski definition) is 1. The van der Waals surface area contributed by atoms with E-state index >= 15 is 0 Å². The number of nitrogens with zero attached hydrogens (tertiary/aromatic N) is 2. The molecule has 108 valence electrons. The molecular weight excluding hydrogens is 246 g/mol. The zero-order valence-corrected chi connectivity index (χ0v) is 12.8. The van der Waals surface area contributed by atoms with E-state index in [1.807, 2.05) is 13.2 Å². The van der Waals surface area contributed by atoms with Gasteiger partial charge in [0.1, 0.15) is 5.82 Å². The van der Waals surface area contributed by atoms with Crippen LogP contribution in [0.4, 0.5) is 0 Å². The lowest BCUT2D eigenvalue weighted by molar-refractivity contribution is 0.486. The third-order valence-electron chi connectivity index (χ3n) is 3.68. The van der Waals surface area contributed by atoms with Crippen LogP contribution in [0.2, 0.25) is 0 Å². The summed E-state index contributed by atoms with van der Waals surface area (Å²) in [4.78, 5) is 4.54. The number of hydrogen-bond acceptors (Lipinski definition) is 2. The van der Waals surface area contributed by atoms with Crippen molar-refractivity contribution in [1.29, 1.82) is 0 Å². The van der Waals surface area contributed by atoms with Crippen molar-refractivity contribution in [3.63, 3.8) is 0 Å². The van der Waals surface area contributed by atoms with Gasteiger partial charge < -0.3 is 9.88 Å². The molecule has 3 nitrogen and oxygen atoms in total. The summed E-state index contributed by atoms with van der Waals surface area (Å²) in [7, 11) is 2.02. The van der Waals surface area contributed by atoms with Crippen LogP contribution in [0.1, 0.15) is 42.8 Å². The van der Waals surface area contributed by atoms with E-state index in [1.165, 1.54) is 11.1 Å². The van der Waals surface area contributed by atoms with Gasteiger partial charge in [-0.3, -0.25) is 0 Å². The number of nitrogens with one attached hydrogen (secondary N) is 1. The Kier molecular flexibility index (Phi) is 5.36. The molecule has 0 bridgehead atoms. The molecule has 0 amide bonds. The first kappa shape index (κ1) is 14.8. The fourth-order valence-electron chi connectivity index (χ4n) is 2.64. The van der Waals surface area contributed by atoms with Gasteiger partial charge in [-0.2, -0.15) is 0 Å². The third-order valence-corrected chi connectivity index (χ3v) is 3.68. The van der Waals surface area contributed by atoms with Gasteiger partial charge in [0.15, 0.2) is 0 Å². The molecule has 0 aliphatic rings. The Hall–Kier alpha value is -1.61. The number of imidazole rings is 1. The zero-order valence-electron chi connectivity index (χ0n) is 12.8. The Labute approximate surface area is 122 Å². The zero-order chi connectivity index (χ0) is 14.4. The second kappa shape index (κ2) is 7.25. The first-order valence-corrected chi connectivity index (χ1v) is 7.48. The molecule has 1 atom stereocenters. The Bertz CT molecular complexity index is 531. The fourth-order valence-corrected chi connectivity index (χ4v) is 2.64. The molecule has 2 aromatic rings. The molecule has 0 spiro atoms. The molecular formula is C17H25N3. The highest BCUT2D eigenvalue weighted by Crippen LogP contribution is 2.18. The van der Waals surface area contributed by atoms with Crippen LogP contribution in [0.3, 0.4) is 0 Å². The summed E-state index contributed by atoms with van der Waals surface area (Å²) in [5, 5.41) is 3.40. The highest BCUT2D eigenvalue weighted by atomic mass is 15.1. The Morgan fingerprint density at radius 1 is 1.35 bits per heavy atom. The number of aryl methyl sites for hydroxylation is 3. The van der Waals surface area contributed by atoms with Crippen LogP contribution in [-0.4, -0.2) is 16.6 Å². The summed E-state index contributed by atoms with van der Waals surface area (Å²) in [6.07, 6.45) is 7.27. The average molecular weight is 271 g/mol. The second-order valence-corrected chi connectivity index (χ2v) is 5.35. The number of rotatable bonds is 7. The minimum absolute atomic E-state index is 0.317. The predicted molar refractivity (Wildman–Crippen MR) is 83.8 cm³/mol. The highest BCUT2D eigenvalue weighted by molar-refractivity contribution is 5.22. The largest absolute Gasteiger partial charge is 0.334 e. The van der Waals surface area contributed by atoms with Crippen LogP contribution in [0.15, 0.2) is 36.7 Å². The standard InChI is InChI=1S/C17H25N3/c1-4-11-20-12-10-19-17(20)16(18-3)9-8-15-7-5-6-14(2)13-15/h5-7,10,12-13,16,18H,4,8-9,11H2,1-3H3. The first-order valence-electron chi connectivity index (χ1n) is 7.48. The summed E-state index contributed by atoms with van der Waals surface area (Å²) in [5.41, 5.74) is 2.73. The van der Waals surface area contributed by atoms with Gasteiger partial charge in [-0.05, 0) is 38.8 Å². The monoisotopic (exact) mass is 271 g/mol. The maximum atomic E-state index is 4.54. The Morgan fingerprint density at radius 3 is 2.90 bits per heavy atom. The molecule has 1 heterocycles. The van der Waals surface area contributed by atoms with Gasteiger partial charge in [0, 0.05) is 18.9 Å². The van der Waals surface area contributed by atoms with Gasteiger partial charge in [-0.15, -0.1) is 0 Å². The van der Waals surface area contributed by atoms with E-state index in [-0.39, 0.29) is 0 Å². The van der Waals surface area contributed by atoms with Crippen molar-refractivity contribution in [1.82, 2.24) is 14.9 Å². The third kappa shape index (κ3) is 3.70. The summed E-state index contributed by atoms with van der Waals surface area (Å²) < 4.78 is 2.26. The number of aromatic nitrogens is 2. The quantitative estimate of drug-likeness (QED) is 0.835. The van der Waals surface area contributed by atoms with Gasteiger partial charge >= 0.3 is 0 Å². The lowest BCUT2D eigenvalue weighted by atomic mass is 10.0. The minimum Gasteiger partial charge on any atom is -0.334 e. The van der Waals surface area contributed by atoms with Crippen LogP contribution in [0, 0.1) is 6.92 Å². The molecule has 0 aliphatic heterocycles. The molecule has 0 radical (unpaired) electrons. The summed E-state index contributed by atoms with van der Waals surface area (Å²) in [6, 6.07) is 9.07. The SMILES string of the molecule is CCCn1ccnc1C(CCc1cccc(C)c1)NC. The van der Waals surface area contributed by atoms with Gasteiger partial charge in [0.2, 0.25) is 0 Å². The van der Waals surface area contributed by atoms with E-state index in [1.54, 1.807) is 0 Å². The Morgan fingerprint density at radius 2 is 2.20 bits per heavy atom. The normalized spacial score (nSPS) is 12.6. The molecule has 0 saturated carbocycles. The number of benzene rings is 1. The molecule has 1 unspecified atom stereocenters. The summed E-state index contributed by atoms with van der Waals surface area (Å²) in [6.45, 7) is 5.38. The molecule has 20 heavy (non-hydrogen) atoms. The van der Waals surface area contributed by atoms with Crippen LogP contribution in [0.25, 0.3) is 0 Å². The van der Waals surface area contributed by atoms with Crippen LogP contribution >= 0.6 is 0 Å². The van der Waals surface area contributed by atoms with E-state index in [0.29, 0.717) is 6.04 Å². The molecule has 1 N–H and O–H groups in total. The van der Waals surface area contributed by atoms with Gasteiger partial charge in [0.25, 0.3) is 0 Å². The fraction of sp³-hybridized carbons (Fsp3) is 0.471. The molecule has 0 fully saturated rings. The molecule has 1 aromatic heterocycles. The molecule has 1 aromatic carbocycles. The summed E-state index contributed by atoms with van der Waals surface area (Å²) >= 11 is 0. The Balaban J connectivity index is 2.03. The smallest absolute Gasteiger partial charge is 0.125 e. The average Bonchev–Trinajstić information content (AvgIpc) is 2.89. The molecule has 2 rings (SSSR count). The maximum absolute atomic E-state index is 4.54. The minimum atomic E-state index is 0.317. The second-order valence-electron chi connectivity index (χ2n) is 5.35. The van der Waals surface area contributed by atoms with E-state index in [9.17, 15) is 0 Å². The van der Waals surface area contributed by atoms with Gasteiger partial charge in [-0.25, -0.2) is 4.98 Å². The summed E-state index contributed by atoms with van der Waals surface area (Å²) in [5.74, 6) is 1.15. The van der Waals surface area contributed by atoms with Crippen molar-refractivity contribution in [2.45, 2.75) is 45.7 Å². The van der Waals surface area contributed by atoms with Crippen molar-refractivity contribution in [2.75, 3.05) is 7.05 Å². The van der Waals surface area contributed by atoms with Crippen LogP contribution in [0.5, 0.6) is 0 Å². The van der Waals surface area contributed by atoms with Gasteiger partial charge in [-0.1, -0.05) is 36.8 Å². The van der Waals surface area contributed by atoms with Crippen molar-refractivity contribution in [3.05, 3.63) is 53.6 Å². The van der Waals surface area contributed by atoms with Crippen molar-refractivity contribution in [3.8, 4) is 0 Å². The lowest BCUT2D eigenvalue weighted by Gasteiger charge is -2.17. The topological polar surface area (TPSA) is 29.9 Å². The van der Waals surface area contributed by atoms with Crippen molar-refractivity contribution in [2.24, 2.45) is 0 Å². The van der Waals surface area contributed by atoms with E-state index in [0.717, 1.165) is 31.6 Å². The highest BCUT2D eigenvalue weighted by Gasteiger charge is 2.14. The van der Waals surface area contributed by atoms with E-state index in [4.69, 9.17) is 0 Å². The van der Waals surface area contributed by atoms with Crippen molar-refractivity contribution < 1.29 is 0 Å². The van der Waals surface area contributed by atoms with Crippen LogP contribution < -0.4 is 5.32 Å². The molecule has 0 saturated heterocycles. The van der Waals surface area contributed by atoms with E-state index < -0.39 is 0 Å². The van der Waals surface area contributed by atoms with Crippen molar-refractivity contribution >= 4 is 0 Å². The lowest BCUT2D eigenvalue weighted by Crippen LogP contribution is -2.21. The first-order chi connectivity index (χ1) is 9.74. The van der Waals surface area contributed by atoms with Crippen LogP contribution in [-0.2, 0) is 13.0 Å². The van der Waals surface area contributed by atoms with Gasteiger partial charge in [0.05, 0.1) is 6.04 Å². The predicted octanol–water partition coefficient (Wildman–Crippen LogP) is 3.49. The molecule has 3 heteroatoms. The maximum Gasteiger partial charge on any atom is 0.125 e.